The number of aryl methyl sites for hydroxylation is 1. The molecule has 2 aromatic rings. The van der Waals surface area contributed by atoms with Crippen LogP contribution in [0.5, 0.6) is 0 Å². The van der Waals surface area contributed by atoms with Crippen LogP contribution in [0.4, 0.5) is 10.8 Å². The van der Waals surface area contributed by atoms with Gasteiger partial charge in [-0.25, -0.2) is 4.98 Å². The lowest BCUT2D eigenvalue weighted by Gasteiger charge is -2.06. The van der Waals surface area contributed by atoms with Gasteiger partial charge in [-0.05, 0) is 43.5 Å². The molecule has 1 heterocycles. The number of halogens is 1. The molecule has 0 spiro atoms. The highest BCUT2D eigenvalue weighted by Gasteiger charge is 2.30. The van der Waals surface area contributed by atoms with E-state index >= 15 is 0 Å². The molecule has 2 N–H and O–H groups in total. The number of rotatable bonds is 5. The maximum Gasteiger partial charge on any atom is 0.230 e. The van der Waals surface area contributed by atoms with E-state index in [2.05, 4.69) is 31.5 Å². The van der Waals surface area contributed by atoms with Crippen molar-refractivity contribution in [2.75, 3.05) is 10.6 Å². The van der Waals surface area contributed by atoms with Crippen LogP contribution in [0.15, 0.2) is 28.1 Å². The van der Waals surface area contributed by atoms with Crippen molar-refractivity contribution < 1.29 is 9.59 Å². The van der Waals surface area contributed by atoms with Crippen LogP contribution in [0.3, 0.4) is 0 Å². The van der Waals surface area contributed by atoms with Gasteiger partial charge in [-0.3, -0.25) is 9.59 Å². The van der Waals surface area contributed by atoms with Crippen molar-refractivity contribution >= 4 is 49.9 Å². The zero-order chi connectivity index (χ0) is 16.4. The van der Waals surface area contributed by atoms with Crippen molar-refractivity contribution in [3.63, 3.8) is 0 Å². The molecule has 0 bridgehead atoms. The molecule has 1 saturated carbocycles. The molecule has 7 heteroatoms. The average molecular weight is 394 g/mol. The monoisotopic (exact) mass is 393 g/mol. The summed E-state index contributed by atoms with van der Waals surface area (Å²) in [6, 6.07) is 5.65. The highest BCUT2D eigenvalue weighted by atomic mass is 79.9. The molecule has 0 aliphatic heterocycles. The number of hydrogen-bond acceptors (Lipinski definition) is 4. The number of nitrogens with one attached hydrogen (secondary N) is 2. The third-order valence-electron chi connectivity index (χ3n) is 3.51. The summed E-state index contributed by atoms with van der Waals surface area (Å²) in [5, 5.41) is 8.01. The molecule has 0 unspecified atom stereocenters. The number of aromatic nitrogens is 1. The Morgan fingerprint density at radius 2 is 2.13 bits per heavy atom. The number of thiazole rings is 1. The molecule has 3 rings (SSSR count). The van der Waals surface area contributed by atoms with Gasteiger partial charge in [0, 0.05) is 21.5 Å². The number of hydrogen-bond donors (Lipinski definition) is 2. The van der Waals surface area contributed by atoms with E-state index in [1.54, 1.807) is 5.38 Å². The number of amides is 2. The minimum absolute atomic E-state index is 0.0284. The van der Waals surface area contributed by atoms with Gasteiger partial charge in [-0.15, -0.1) is 11.3 Å². The summed E-state index contributed by atoms with van der Waals surface area (Å²) in [5.41, 5.74) is 2.47. The van der Waals surface area contributed by atoms with Crippen molar-refractivity contribution in [3.05, 3.63) is 39.3 Å². The third-order valence-corrected chi connectivity index (χ3v) is 5.21. The van der Waals surface area contributed by atoms with Crippen LogP contribution in [0.1, 0.15) is 24.1 Å². The molecule has 0 radical (unpaired) electrons. The van der Waals surface area contributed by atoms with Gasteiger partial charge in [-0.2, -0.15) is 0 Å². The average Bonchev–Trinajstić information content (AvgIpc) is 3.26. The van der Waals surface area contributed by atoms with Crippen LogP contribution in [-0.4, -0.2) is 16.8 Å². The Bertz CT molecular complexity index is 756. The Labute approximate surface area is 146 Å². The fourth-order valence-corrected chi connectivity index (χ4v) is 3.05. The van der Waals surface area contributed by atoms with Gasteiger partial charge in [0.15, 0.2) is 5.13 Å². The van der Waals surface area contributed by atoms with Crippen molar-refractivity contribution in [3.8, 4) is 0 Å². The van der Waals surface area contributed by atoms with Crippen LogP contribution >= 0.6 is 27.3 Å². The first-order valence-electron chi connectivity index (χ1n) is 7.32. The Kier molecular flexibility index (Phi) is 4.77. The smallest absolute Gasteiger partial charge is 0.230 e. The lowest BCUT2D eigenvalue weighted by atomic mass is 10.2. The van der Waals surface area contributed by atoms with Gasteiger partial charge in [0.05, 0.1) is 12.1 Å². The Morgan fingerprint density at radius 1 is 1.35 bits per heavy atom. The first-order chi connectivity index (χ1) is 11.0. The molecule has 2 amide bonds. The van der Waals surface area contributed by atoms with Gasteiger partial charge in [-0.1, -0.05) is 15.9 Å². The summed E-state index contributed by atoms with van der Waals surface area (Å²) in [7, 11) is 0. The molecule has 1 aliphatic rings. The molecule has 1 aliphatic carbocycles. The van der Waals surface area contributed by atoms with E-state index in [0.717, 1.165) is 28.6 Å². The van der Waals surface area contributed by atoms with E-state index in [4.69, 9.17) is 0 Å². The highest BCUT2D eigenvalue weighted by Crippen LogP contribution is 2.30. The molecule has 0 saturated heterocycles. The van der Waals surface area contributed by atoms with Crippen LogP contribution in [0.25, 0.3) is 0 Å². The van der Waals surface area contributed by atoms with Gasteiger partial charge in [0.25, 0.3) is 0 Å². The van der Waals surface area contributed by atoms with Gasteiger partial charge in [0.1, 0.15) is 0 Å². The van der Waals surface area contributed by atoms with Crippen molar-refractivity contribution in [1.29, 1.82) is 0 Å². The molecule has 23 heavy (non-hydrogen) atoms. The lowest BCUT2D eigenvalue weighted by Crippen LogP contribution is -2.15. The fraction of sp³-hybridized carbons (Fsp3) is 0.312. The normalized spacial score (nSPS) is 13.7. The number of anilines is 2. The Morgan fingerprint density at radius 3 is 2.83 bits per heavy atom. The van der Waals surface area contributed by atoms with E-state index in [9.17, 15) is 9.59 Å². The maximum absolute atomic E-state index is 12.1. The molecular formula is C16H16BrN3O2S. The first-order valence-corrected chi connectivity index (χ1v) is 9.00. The summed E-state index contributed by atoms with van der Waals surface area (Å²) in [6.07, 6.45) is 2.10. The highest BCUT2D eigenvalue weighted by molar-refractivity contribution is 9.10. The van der Waals surface area contributed by atoms with E-state index in [1.807, 2.05) is 25.1 Å². The zero-order valence-electron chi connectivity index (χ0n) is 12.6. The molecule has 1 fully saturated rings. The number of carbonyl (C=O) groups is 2. The fourth-order valence-electron chi connectivity index (χ4n) is 2.09. The van der Waals surface area contributed by atoms with Crippen molar-refractivity contribution in [1.82, 2.24) is 4.98 Å². The zero-order valence-corrected chi connectivity index (χ0v) is 15.0. The summed E-state index contributed by atoms with van der Waals surface area (Å²) >= 11 is 4.78. The van der Waals surface area contributed by atoms with Crippen LogP contribution in [0, 0.1) is 12.8 Å². The molecule has 1 aromatic carbocycles. The third kappa shape index (κ3) is 4.39. The minimum atomic E-state index is -0.128. The largest absolute Gasteiger partial charge is 0.326 e. The van der Waals surface area contributed by atoms with Crippen LogP contribution < -0.4 is 10.6 Å². The minimum Gasteiger partial charge on any atom is -0.326 e. The topological polar surface area (TPSA) is 71.1 Å². The van der Waals surface area contributed by atoms with E-state index in [0.29, 0.717) is 10.8 Å². The predicted molar refractivity (Wildman–Crippen MR) is 94.7 cm³/mol. The molecule has 120 valence electrons. The van der Waals surface area contributed by atoms with E-state index in [1.165, 1.54) is 11.3 Å². The molecule has 0 atom stereocenters. The maximum atomic E-state index is 12.1. The van der Waals surface area contributed by atoms with Gasteiger partial charge < -0.3 is 10.6 Å². The summed E-state index contributed by atoms with van der Waals surface area (Å²) in [6.45, 7) is 1.97. The molecule has 5 nitrogen and oxygen atoms in total. The van der Waals surface area contributed by atoms with E-state index < -0.39 is 0 Å². The summed E-state index contributed by atoms with van der Waals surface area (Å²) in [4.78, 5) is 28.1. The first kappa shape index (κ1) is 16.1. The Balaban J connectivity index is 1.56. The van der Waals surface area contributed by atoms with Gasteiger partial charge in [0.2, 0.25) is 11.8 Å². The molecular weight excluding hydrogens is 378 g/mol. The number of carbonyl (C=O) groups excluding carboxylic acids is 2. The Hall–Kier alpha value is -1.73. The van der Waals surface area contributed by atoms with Gasteiger partial charge >= 0.3 is 0 Å². The number of benzene rings is 1. The SMILES string of the molecule is Cc1cc(NC(=O)Cc2csc(NC(=O)C3CC3)n2)ccc1Br. The van der Waals surface area contributed by atoms with Crippen molar-refractivity contribution in [2.45, 2.75) is 26.2 Å². The molecule has 1 aromatic heterocycles. The number of nitrogens with zero attached hydrogens (tertiary/aromatic N) is 1. The summed E-state index contributed by atoms with van der Waals surface area (Å²) in [5.74, 6) is 0.0454. The lowest BCUT2D eigenvalue weighted by molar-refractivity contribution is -0.117. The van der Waals surface area contributed by atoms with Crippen LogP contribution in [0.2, 0.25) is 0 Å². The second kappa shape index (κ2) is 6.80. The predicted octanol–water partition coefficient (Wildman–Crippen LogP) is 3.74. The van der Waals surface area contributed by atoms with Crippen molar-refractivity contribution in [2.24, 2.45) is 5.92 Å². The van der Waals surface area contributed by atoms with E-state index in [-0.39, 0.29) is 24.2 Å². The second-order valence-corrected chi connectivity index (χ2v) is 7.31. The quantitative estimate of drug-likeness (QED) is 0.812. The standard InChI is InChI=1S/C16H16BrN3O2S/c1-9-6-11(4-5-13(9)17)18-14(21)7-12-8-23-16(19-12)20-15(22)10-2-3-10/h4-6,8,10H,2-3,7H2,1H3,(H,18,21)(H,19,20,22). The van der Waals surface area contributed by atoms with Crippen LogP contribution in [-0.2, 0) is 16.0 Å². The summed E-state index contributed by atoms with van der Waals surface area (Å²) < 4.78 is 1.01. The second-order valence-electron chi connectivity index (χ2n) is 5.60.